The molecule has 0 unspecified atom stereocenters. The summed E-state index contributed by atoms with van der Waals surface area (Å²) >= 11 is 0. The van der Waals surface area contributed by atoms with Gasteiger partial charge in [0, 0.05) is 6.08 Å². The normalized spacial score (nSPS) is 11.3. The third-order valence-electron chi connectivity index (χ3n) is 1.64. The van der Waals surface area contributed by atoms with E-state index in [2.05, 4.69) is 19.9 Å². The molecule has 2 nitrogen and oxygen atoms in total. The molecule has 0 amide bonds. The van der Waals surface area contributed by atoms with Crippen LogP contribution in [0.2, 0.25) is 0 Å². The molecule has 0 aromatic carbocycles. The van der Waals surface area contributed by atoms with Gasteiger partial charge in [-0.2, -0.15) is 0 Å². The monoisotopic (exact) mass is 196 g/mol. The topological polar surface area (TPSA) is 26.3 Å². The van der Waals surface area contributed by atoms with E-state index in [9.17, 15) is 4.79 Å². The highest BCUT2D eigenvalue weighted by Gasteiger charge is 1.93. The number of unbranched alkanes of at least 4 members (excludes halogenated alkanes) is 1. The highest BCUT2D eigenvalue weighted by atomic mass is 16.5. The third-order valence-corrected chi connectivity index (χ3v) is 1.64. The Hall–Kier alpha value is -1.05. The van der Waals surface area contributed by atoms with Gasteiger partial charge in [-0.05, 0) is 19.3 Å². The molecule has 2 heteroatoms. The number of hydrogen-bond donors (Lipinski definition) is 0. The van der Waals surface area contributed by atoms with Gasteiger partial charge in [0.25, 0.3) is 0 Å². The summed E-state index contributed by atoms with van der Waals surface area (Å²) in [6.45, 7) is 4.63. The molecule has 0 radical (unpaired) electrons. The Morgan fingerprint density at radius 1 is 1.14 bits per heavy atom. The van der Waals surface area contributed by atoms with Crippen LogP contribution < -0.4 is 0 Å². The predicted molar refractivity (Wildman–Crippen MR) is 59.1 cm³/mol. The fourth-order valence-electron chi connectivity index (χ4n) is 0.906. The lowest BCUT2D eigenvalue weighted by atomic mass is 10.3. The molecule has 0 saturated heterocycles. The predicted octanol–water partition coefficient (Wildman–Crippen LogP) is 3.24. The van der Waals surface area contributed by atoms with Crippen LogP contribution in [0.1, 0.15) is 39.5 Å². The lowest BCUT2D eigenvalue weighted by Gasteiger charge is -1.97. The minimum absolute atomic E-state index is 0.233. The van der Waals surface area contributed by atoms with Crippen molar-refractivity contribution in [2.24, 2.45) is 0 Å². The van der Waals surface area contributed by atoms with E-state index >= 15 is 0 Å². The molecule has 0 bridgehead atoms. The molecule has 0 aliphatic rings. The first-order valence-electron chi connectivity index (χ1n) is 5.29. The standard InChI is InChI=1S/C12H20O2/c1-3-5-7-9-11-14-12(13)10-8-6-4-2/h5,7-8,10H,3-4,6,9,11H2,1-2H3/b7-5+,10-8?. The first kappa shape index (κ1) is 12.9. The summed E-state index contributed by atoms with van der Waals surface area (Å²) in [5, 5.41) is 0. The summed E-state index contributed by atoms with van der Waals surface area (Å²) in [7, 11) is 0. The number of allylic oxidation sites excluding steroid dienone is 2. The van der Waals surface area contributed by atoms with E-state index in [-0.39, 0.29) is 5.97 Å². The molecule has 0 aromatic rings. The Kier molecular flexibility index (Phi) is 9.28. The first-order chi connectivity index (χ1) is 6.81. The van der Waals surface area contributed by atoms with Crippen molar-refractivity contribution in [2.45, 2.75) is 39.5 Å². The molecule has 0 heterocycles. The number of hydrogen-bond acceptors (Lipinski definition) is 2. The molecule has 0 rings (SSSR count). The van der Waals surface area contributed by atoms with E-state index in [1.54, 1.807) is 0 Å². The maximum absolute atomic E-state index is 11.0. The summed E-state index contributed by atoms with van der Waals surface area (Å²) in [4.78, 5) is 11.0. The zero-order valence-corrected chi connectivity index (χ0v) is 9.16. The van der Waals surface area contributed by atoms with E-state index in [4.69, 9.17) is 4.74 Å². The molecule has 0 N–H and O–H groups in total. The lowest BCUT2D eigenvalue weighted by Crippen LogP contribution is -2.01. The minimum Gasteiger partial charge on any atom is -0.462 e. The van der Waals surface area contributed by atoms with Crippen molar-refractivity contribution in [3.05, 3.63) is 24.3 Å². The molecule has 0 spiro atoms. The van der Waals surface area contributed by atoms with Crippen LogP contribution in [0.25, 0.3) is 0 Å². The maximum Gasteiger partial charge on any atom is 0.330 e. The van der Waals surface area contributed by atoms with Crippen LogP contribution in [-0.2, 0) is 9.53 Å². The second-order valence-electron chi connectivity index (χ2n) is 3.03. The van der Waals surface area contributed by atoms with Crippen molar-refractivity contribution in [1.29, 1.82) is 0 Å². The average Bonchev–Trinajstić information content (AvgIpc) is 2.18. The Balaban J connectivity index is 3.40. The van der Waals surface area contributed by atoms with Crippen molar-refractivity contribution in [3.63, 3.8) is 0 Å². The summed E-state index contributed by atoms with van der Waals surface area (Å²) in [6, 6.07) is 0. The van der Waals surface area contributed by atoms with Crippen LogP contribution in [0.15, 0.2) is 24.3 Å². The Labute approximate surface area is 86.6 Å². The molecule has 14 heavy (non-hydrogen) atoms. The van der Waals surface area contributed by atoms with Crippen molar-refractivity contribution in [3.8, 4) is 0 Å². The molecule has 0 fully saturated rings. The third kappa shape index (κ3) is 9.04. The molecule has 0 aliphatic carbocycles. The van der Waals surface area contributed by atoms with Gasteiger partial charge in [-0.25, -0.2) is 4.79 Å². The van der Waals surface area contributed by atoms with Gasteiger partial charge in [-0.3, -0.25) is 0 Å². The molecule has 80 valence electrons. The fraction of sp³-hybridized carbons (Fsp3) is 0.583. The quantitative estimate of drug-likeness (QED) is 0.270. The zero-order chi connectivity index (χ0) is 10.6. The first-order valence-corrected chi connectivity index (χ1v) is 5.29. The van der Waals surface area contributed by atoms with Gasteiger partial charge < -0.3 is 4.74 Å². The highest BCUT2D eigenvalue weighted by molar-refractivity contribution is 5.81. The molecule has 0 atom stereocenters. The van der Waals surface area contributed by atoms with E-state index in [1.165, 1.54) is 6.08 Å². The lowest BCUT2D eigenvalue weighted by molar-refractivity contribution is -0.137. The van der Waals surface area contributed by atoms with Crippen LogP contribution in [0.5, 0.6) is 0 Å². The largest absolute Gasteiger partial charge is 0.462 e. The second kappa shape index (κ2) is 10.0. The van der Waals surface area contributed by atoms with Gasteiger partial charge in [0.15, 0.2) is 0 Å². The van der Waals surface area contributed by atoms with Crippen LogP contribution in [0.3, 0.4) is 0 Å². The highest BCUT2D eigenvalue weighted by Crippen LogP contribution is 1.92. The smallest absolute Gasteiger partial charge is 0.330 e. The molecule has 0 saturated carbocycles. The molecule has 0 aromatic heterocycles. The minimum atomic E-state index is -0.233. The Morgan fingerprint density at radius 3 is 2.57 bits per heavy atom. The van der Waals surface area contributed by atoms with Gasteiger partial charge in [0.05, 0.1) is 6.61 Å². The Morgan fingerprint density at radius 2 is 1.93 bits per heavy atom. The van der Waals surface area contributed by atoms with E-state index in [1.807, 2.05) is 12.2 Å². The van der Waals surface area contributed by atoms with Crippen molar-refractivity contribution in [2.75, 3.05) is 6.61 Å². The molecular weight excluding hydrogens is 176 g/mol. The number of carbonyl (C=O) groups is 1. The van der Waals surface area contributed by atoms with Crippen molar-refractivity contribution >= 4 is 5.97 Å². The van der Waals surface area contributed by atoms with Crippen LogP contribution in [-0.4, -0.2) is 12.6 Å². The SMILES string of the molecule is CC/C=C/CCOC(=O)C=CCCC. The maximum atomic E-state index is 11.0. The van der Waals surface area contributed by atoms with Gasteiger partial charge in [-0.1, -0.05) is 38.5 Å². The van der Waals surface area contributed by atoms with Crippen LogP contribution in [0.4, 0.5) is 0 Å². The van der Waals surface area contributed by atoms with Crippen LogP contribution in [0, 0.1) is 0 Å². The average molecular weight is 196 g/mol. The number of ether oxygens (including phenoxy) is 1. The second-order valence-corrected chi connectivity index (χ2v) is 3.03. The zero-order valence-electron chi connectivity index (χ0n) is 9.16. The summed E-state index contributed by atoms with van der Waals surface area (Å²) in [5.41, 5.74) is 0. The van der Waals surface area contributed by atoms with Crippen molar-refractivity contribution < 1.29 is 9.53 Å². The van der Waals surface area contributed by atoms with Gasteiger partial charge in [-0.15, -0.1) is 0 Å². The Bertz CT molecular complexity index is 192. The van der Waals surface area contributed by atoms with Crippen LogP contribution >= 0.6 is 0 Å². The van der Waals surface area contributed by atoms with Crippen molar-refractivity contribution in [1.82, 2.24) is 0 Å². The van der Waals surface area contributed by atoms with E-state index in [0.29, 0.717) is 6.61 Å². The molecule has 0 aliphatic heterocycles. The van der Waals surface area contributed by atoms with Gasteiger partial charge in [0.1, 0.15) is 0 Å². The summed E-state index contributed by atoms with van der Waals surface area (Å²) < 4.78 is 4.96. The van der Waals surface area contributed by atoms with E-state index < -0.39 is 0 Å². The number of esters is 1. The summed E-state index contributed by atoms with van der Waals surface area (Å²) in [5.74, 6) is -0.233. The number of rotatable bonds is 7. The molecular formula is C12H20O2. The van der Waals surface area contributed by atoms with E-state index in [0.717, 1.165) is 25.7 Å². The van der Waals surface area contributed by atoms with Gasteiger partial charge in [0.2, 0.25) is 0 Å². The van der Waals surface area contributed by atoms with Gasteiger partial charge >= 0.3 is 5.97 Å². The fourth-order valence-corrected chi connectivity index (χ4v) is 0.906. The number of carbonyl (C=O) groups excluding carboxylic acids is 1. The summed E-state index contributed by atoms with van der Waals surface area (Å²) in [6.07, 6.45) is 11.3.